The van der Waals surface area contributed by atoms with Gasteiger partial charge in [0.1, 0.15) is 0 Å². The van der Waals surface area contributed by atoms with E-state index in [1.165, 1.54) is 0 Å². The molecule has 0 aliphatic carbocycles. The number of halogens is 2. The fourth-order valence-electron chi connectivity index (χ4n) is 2.39. The fourth-order valence-corrected chi connectivity index (χ4v) is 2.39. The van der Waals surface area contributed by atoms with Crippen LogP contribution in [0.3, 0.4) is 0 Å². The van der Waals surface area contributed by atoms with Gasteiger partial charge in [-0.1, -0.05) is 13.0 Å². The molecule has 2 nitrogen and oxygen atoms in total. The predicted molar refractivity (Wildman–Crippen MR) is 65.3 cm³/mol. The molecule has 4 heteroatoms. The van der Waals surface area contributed by atoms with Gasteiger partial charge < -0.3 is 10.2 Å². The van der Waals surface area contributed by atoms with Crippen LogP contribution >= 0.6 is 0 Å². The number of likely N-dealkylation sites (N-methyl/N-ethyl adjacent to an activating group) is 1. The van der Waals surface area contributed by atoms with Crippen LogP contribution in [0, 0.1) is 11.6 Å². The molecule has 0 saturated carbocycles. The number of benzene rings is 1. The van der Waals surface area contributed by atoms with Crippen LogP contribution in [0.15, 0.2) is 18.2 Å². The average molecular weight is 240 g/mol. The lowest BCUT2D eigenvalue weighted by molar-refractivity contribution is 0.424. The number of hydrogen-bond acceptors (Lipinski definition) is 2. The van der Waals surface area contributed by atoms with Crippen LogP contribution in [0.25, 0.3) is 0 Å². The van der Waals surface area contributed by atoms with Crippen LogP contribution < -0.4 is 10.2 Å². The van der Waals surface area contributed by atoms with Gasteiger partial charge in [-0.3, -0.25) is 0 Å². The van der Waals surface area contributed by atoms with Crippen molar-refractivity contribution in [2.45, 2.75) is 25.8 Å². The molecule has 1 fully saturated rings. The largest absolute Gasteiger partial charge is 0.368 e. The molecule has 1 aromatic carbocycles. The Morgan fingerprint density at radius 1 is 1.41 bits per heavy atom. The summed E-state index contributed by atoms with van der Waals surface area (Å²) in [6.45, 7) is 4.50. The molecular weight excluding hydrogens is 222 g/mol. The van der Waals surface area contributed by atoms with Gasteiger partial charge in [0.25, 0.3) is 0 Å². The van der Waals surface area contributed by atoms with Gasteiger partial charge >= 0.3 is 0 Å². The number of anilines is 1. The molecule has 1 saturated heterocycles. The van der Waals surface area contributed by atoms with E-state index in [1.54, 1.807) is 12.1 Å². The second-order valence-electron chi connectivity index (χ2n) is 4.42. The Kier molecular flexibility index (Phi) is 3.94. The van der Waals surface area contributed by atoms with Crippen LogP contribution in [0.1, 0.15) is 19.8 Å². The normalized spacial score (nSPS) is 20.6. The third kappa shape index (κ3) is 2.75. The smallest absolute Gasteiger partial charge is 0.182 e. The lowest BCUT2D eigenvalue weighted by atomic mass is 10.0. The summed E-state index contributed by atoms with van der Waals surface area (Å²) in [5, 5.41) is 3.36. The van der Waals surface area contributed by atoms with E-state index in [0.717, 1.165) is 38.5 Å². The number of nitrogens with one attached hydrogen (secondary N) is 1. The van der Waals surface area contributed by atoms with E-state index in [-0.39, 0.29) is 0 Å². The van der Waals surface area contributed by atoms with Crippen LogP contribution in [0.2, 0.25) is 0 Å². The molecule has 0 radical (unpaired) electrons. The molecule has 0 aromatic heterocycles. The highest BCUT2D eigenvalue weighted by Crippen LogP contribution is 2.24. The molecule has 17 heavy (non-hydrogen) atoms. The molecule has 0 spiro atoms. The van der Waals surface area contributed by atoms with E-state index in [2.05, 4.69) is 12.2 Å². The summed E-state index contributed by atoms with van der Waals surface area (Å²) in [5.41, 5.74) is 0.382. The highest BCUT2D eigenvalue weighted by Gasteiger charge is 2.22. The predicted octanol–water partition coefficient (Wildman–Crippen LogP) is 2.54. The molecule has 1 unspecified atom stereocenters. The molecule has 0 amide bonds. The van der Waals surface area contributed by atoms with E-state index < -0.39 is 11.6 Å². The van der Waals surface area contributed by atoms with Crippen molar-refractivity contribution in [2.24, 2.45) is 0 Å². The van der Waals surface area contributed by atoms with E-state index >= 15 is 0 Å². The molecular formula is C13H18F2N2. The number of hydrogen-bond donors (Lipinski definition) is 1. The zero-order chi connectivity index (χ0) is 12.3. The van der Waals surface area contributed by atoms with Crippen molar-refractivity contribution in [3.8, 4) is 0 Å². The summed E-state index contributed by atoms with van der Waals surface area (Å²) in [7, 11) is 0. The summed E-state index contributed by atoms with van der Waals surface area (Å²) in [6, 6.07) is 4.73. The minimum absolute atomic E-state index is 0.372. The van der Waals surface area contributed by atoms with Crippen molar-refractivity contribution in [3.63, 3.8) is 0 Å². The summed E-state index contributed by atoms with van der Waals surface area (Å²) in [4.78, 5) is 1.93. The number of piperidine rings is 1. The topological polar surface area (TPSA) is 15.3 Å². The van der Waals surface area contributed by atoms with Gasteiger partial charge in [0.15, 0.2) is 11.6 Å². The Bertz CT molecular complexity index is 380. The van der Waals surface area contributed by atoms with E-state index in [4.69, 9.17) is 0 Å². The number of rotatable bonds is 3. The second-order valence-corrected chi connectivity index (χ2v) is 4.42. The number of nitrogens with zero attached hydrogens (tertiary/aromatic N) is 1. The Morgan fingerprint density at radius 2 is 2.24 bits per heavy atom. The third-order valence-electron chi connectivity index (χ3n) is 3.19. The van der Waals surface area contributed by atoms with Crippen molar-refractivity contribution in [1.29, 1.82) is 0 Å². The molecule has 1 heterocycles. The Balaban J connectivity index is 2.13. The monoisotopic (exact) mass is 240 g/mol. The molecule has 1 aliphatic heterocycles. The van der Waals surface area contributed by atoms with Crippen molar-refractivity contribution in [2.75, 3.05) is 24.5 Å². The summed E-state index contributed by atoms with van der Waals surface area (Å²) < 4.78 is 26.8. The van der Waals surface area contributed by atoms with Gasteiger partial charge in [-0.2, -0.15) is 0 Å². The Morgan fingerprint density at radius 3 is 3.00 bits per heavy atom. The first-order valence-corrected chi connectivity index (χ1v) is 6.14. The van der Waals surface area contributed by atoms with Gasteiger partial charge in [0, 0.05) is 19.1 Å². The van der Waals surface area contributed by atoms with Crippen molar-refractivity contribution in [3.05, 3.63) is 29.8 Å². The van der Waals surface area contributed by atoms with Crippen molar-refractivity contribution < 1.29 is 8.78 Å². The average Bonchev–Trinajstić information content (AvgIpc) is 2.33. The summed E-state index contributed by atoms with van der Waals surface area (Å²) >= 11 is 0. The maximum absolute atomic E-state index is 13.7. The first-order chi connectivity index (χ1) is 8.22. The van der Waals surface area contributed by atoms with E-state index in [0.29, 0.717) is 11.7 Å². The summed E-state index contributed by atoms with van der Waals surface area (Å²) in [5.74, 6) is -1.50. The second kappa shape index (κ2) is 5.45. The Hall–Kier alpha value is -1.16. The van der Waals surface area contributed by atoms with Crippen molar-refractivity contribution in [1.82, 2.24) is 5.32 Å². The molecule has 0 bridgehead atoms. The van der Waals surface area contributed by atoms with Gasteiger partial charge in [-0.05, 0) is 31.5 Å². The standard InChI is InChI=1S/C13H18F2N2/c1-2-16-10-5-4-8-17(9-10)12-7-3-6-11(14)13(12)15/h3,6-7,10,16H,2,4-5,8-9H2,1H3. The first-order valence-electron chi connectivity index (χ1n) is 6.14. The zero-order valence-electron chi connectivity index (χ0n) is 10.0. The van der Waals surface area contributed by atoms with E-state index in [9.17, 15) is 8.78 Å². The van der Waals surface area contributed by atoms with Gasteiger partial charge in [0.05, 0.1) is 5.69 Å². The minimum atomic E-state index is -0.770. The fraction of sp³-hybridized carbons (Fsp3) is 0.538. The van der Waals surface area contributed by atoms with E-state index in [1.807, 2.05) is 4.90 Å². The van der Waals surface area contributed by atoms with Crippen LogP contribution in [-0.4, -0.2) is 25.7 Å². The lowest BCUT2D eigenvalue weighted by Crippen LogP contribution is -2.46. The highest BCUT2D eigenvalue weighted by atomic mass is 19.2. The SMILES string of the molecule is CCNC1CCCN(c2cccc(F)c2F)C1. The highest BCUT2D eigenvalue weighted by molar-refractivity contribution is 5.48. The van der Waals surface area contributed by atoms with Gasteiger partial charge in [-0.25, -0.2) is 8.78 Å². The molecule has 1 aromatic rings. The molecule has 1 N–H and O–H groups in total. The van der Waals surface area contributed by atoms with Crippen LogP contribution in [0.5, 0.6) is 0 Å². The molecule has 1 aliphatic rings. The molecule has 2 rings (SSSR count). The minimum Gasteiger partial charge on any atom is -0.368 e. The first kappa shape index (κ1) is 12.3. The maximum atomic E-state index is 13.7. The molecule has 94 valence electrons. The van der Waals surface area contributed by atoms with Crippen molar-refractivity contribution >= 4 is 5.69 Å². The maximum Gasteiger partial charge on any atom is 0.182 e. The van der Waals surface area contributed by atoms with Crippen LogP contribution in [0.4, 0.5) is 14.5 Å². The van der Waals surface area contributed by atoms with Gasteiger partial charge in [-0.15, -0.1) is 0 Å². The third-order valence-corrected chi connectivity index (χ3v) is 3.19. The Labute approximate surface area is 101 Å². The molecule has 1 atom stereocenters. The quantitative estimate of drug-likeness (QED) is 0.873. The summed E-state index contributed by atoms with van der Waals surface area (Å²) in [6.07, 6.45) is 2.11. The zero-order valence-corrected chi connectivity index (χ0v) is 10.0. The lowest BCUT2D eigenvalue weighted by Gasteiger charge is -2.34. The van der Waals surface area contributed by atoms with Crippen LogP contribution in [-0.2, 0) is 0 Å². The van der Waals surface area contributed by atoms with Gasteiger partial charge in [0.2, 0.25) is 0 Å².